The molecule has 1 aliphatic rings. The first-order valence-corrected chi connectivity index (χ1v) is 10.7. The van der Waals surface area contributed by atoms with E-state index in [4.69, 9.17) is 20.4 Å². The van der Waals surface area contributed by atoms with Crippen LogP contribution in [0.5, 0.6) is 5.75 Å². The van der Waals surface area contributed by atoms with Crippen LogP contribution in [0.25, 0.3) is 11.2 Å². The number of carbonyl (C=O) groups is 1. The van der Waals surface area contributed by atoms with E-state index in [2.05, 4.69) is 15.0 Å². The molecule has 1 amide bonds. The molecule has 15 nitrogen and oxygen atoms in total. The van der Waals surface area contributed by atoms with Crippen LogP contribution in [0.2, 0.25) is 0 Å². The van der Waals surface area contributed by atoms with Crippen LogP contribution < -0.4 is 21.3 Å². The average Bonchev–Trinajstić information content (AvgIpc) is 3.29. The van der Waals surface area contributed by atoms with Gasteiger partial charge >= 0.3 is 10.3 Å². The summed E-state index contributed by atoms with van der Waals surface area (Å²) >= 11 is 0. The number of imidazole rings is 1. The van der Waals surface area contributed by atoms with E-state index in [0.29, 0.717) is 0 Å². The third-order valence-corrected chi connectivity index (χ3v) is 5.74. The number of rotatable bonds is 6. The highest BCUT2D eigenvalue weighted by molar-refractivity contribution is 7.85. The zero-order valence-corrected chi connectivity index (χ0v) is 17.4. The van der Waals surface area contributed by atoms with Gasteiger partial charge in [0.1, 0.15) is 30.2 Å². The first-order chi connectivity index (χ1) is 15.6. The molecule has 3 aromatic rings. The van der Waals surface area contributed by atoms with Gasteiger partial charge in [0.25, 0.3) is 5.91 Å². The summed E-state index contributed by atoms with van der Waals surface area (Å²) in [4.78, 5) is 24.0. The van der Waals surface area contributed by atoms with E-state index < -0.39 is 58.7 Å². The van der Waals surface area contributed by atoms with Crippen LogP contribution >= 0.6 is 0 Å². The molecule has 0 saturated carbocycles. The Labute approximate surface area is 185 Å². The molecule has 33 heavy (non-hydrogen) atoms. The van der Waals surface area contributed by atoms with Crippen molar-refractivity contribution in [2.75, 3.05) is 18.1 Å². The first kappa shape index (κ1) is 22.6. The molecule has 0 aliphatic carbocycles. The van der Waals surface area contributed by atoms with Crippen molar-refractivity contribution in [2.45, 2.75) is 24.5 Å². The molecule has 1 aliphatic heterocycles. The third-order valence-electron chi connectivity index (χ3n) is 4.85. The minimum Gasteiger partial charge on any atom is -0.872 e. The molecule has 7 N–H and O–H groups in total. The monoisotopic (exact) mass is 480 g/mol. The lowest BCUT2D eigenvalue weighted by molar-refractivity contribution is -0.268. The Morgan fingerprint density at radius 1 is 1.24 bits per heavy atom. The highest BCUT2D eigenvalue weighted by atomic mass is 32.2. The quantitative estimate of drug-likeness (QED) is 0.227. The van der Waals surface area contributed by atoms with Crippen LogP contribution in [0, 0.1) is 0 Å². The summed E-state index contributed by atoms with van der Waals surface area (Å²) in [6.45, 7) is -0.757. The standard InChI is InChI=1S/C17H19N7O8S/c18-7-1-2-8(9(25)3-7)16(28)23-33(29,30)31-4-10-12(26)13(27)17(32-10)24-6-22-11-14(19)20-5-21-15(11)24/h1-3,5-6,10,12-13,17,25-27H,4,18H2,(H,23,28)(H2,19,20,21)/p-1/t10?,12-,13-,17?/m1/s1. The molecule has 4 atom stereocenters. The Bertz CT molecular complexity index is 1310. The zero-order chi connectivity index (χ0) is 23.9. The molecule has 2 aromatic heterocycles. The van der Waals surface area contributed by atoms with Crippen LogP contribution in [-0.2, 0) is 19.2 Å². The number of aliphatic hydroxyl groups is 2. The van der Waals surface area contributed by atoms with Crippen LogP contribution in [0.3, 0.4) is 0 Å². The van der Waals surface area contributed by atoms with Gasteiger partial charge < -0.3 is 31.5 Å². The average molecular weight is 480 g/mol. The number of hydrogen-bond donors (Lipinski definition) is 5. The van der Waals surface area contributed by atoms with Crippen LogP contribution in [0.4, 0.5) is 11.5 Å². The highest BCUT2D eigenvalue weighted by Gasteiger charge is 2.45. The van der Waals surface area contributed by atoms with E-state index in [1.54, 1.807) is 4.72 Å². The number of ether oxygens (including phenoxy) is 1. The van der Waals surface area contributed by atoms with Gasteiger partial charge in [-0.2, -0.15) is 8.42 Å². The molecule has 176 valence electrons. The van der Waals surface area contributed by atoms with Crippen molar-refractivity contribution >= 4 is 38.9 Å². The summed E-state index contributed by atoms with van der Waals surface area (Å²) in [6, 6.07) is 3.29. The predicted octanol–water partition coefficient (Wildman–Crippen LogP) is -2.63. The molecule has 16 heteroatoms. The maximum atomic E-state index is 12.1. The maximum Gasteiger partial charge on any atom is 0.362 e. The topological polar surface area (TPSA) is 241 Å². The van der Waals surface area contributed by atoms with Gasteiger partial charge in [-0.25, -0.2) is 19.7 Å². The van der Waals surface area contributed by atoms with Gasteiger partial charge in [0.05, 0.1) is 12.9 Å². The van der Waals surface area contributed by atoms with E-state index in [0.717, 1.165) is 12.1 Å². The zero-order valence-electron chi connectivity index (χ0n) is 16.6. The second kappa shape index (κ2) is 8.41. The van der Waals surface area contributed by atoms with Gasteiger partial charge in [0.2, 0.25) is 0 Å². The Hall–Kier alpha value is -3.57. The molecular formula is C17H18N7O8S-. The Morgan fingerprint density at radius 2 is 2.00 bits per heavy atom. The Balaban J connectivity index is 1.43. The van der Waals surface area contributed by atoms with Crippen molar-refractivity contribution in [1.29, 1.82) is 0 Å². The van der Waals surface area contributed by atoms with Gasteiger partial charge in [0, 0.05) is 11.3 Å². The van der Waals surface area contributed by atoms with E-state index in [9.17, 15) is 28.5 Å². The summed E-state index contributed by atoms with van der Waals surface area (Å²) < 4.78 is 37.4. The first-order valence-electron chi connectivity index (χ1n) is 9.30. The minimum atomic E-state index is -4.69. The summed E-state index contributed by atoms with van der Waals surface area (Å²) in [7, 11) is -4.69. The molecule has 4 rings (SSSR count). The molecule has 0 radical (unpaired) electrons. The number of hydrogen-bond acceptors (Lipinski definition) is 13. The molecule has 1 aromatic carbocycles. The van der Waals surface area contributed by atoms with Crippen LogP contribution in [0.1, 0.15) is 16.6 Å². The fourth-order valence-corrected chi connectivity index (χ4v) is 3.94. The second-order valence-corrected chi connectivity index (χ2v) is 8.40. The van der Waals surface area contributed by atoms with Crippen molar-refractivity contribution < 1.29 is 37.5 Å². The Morgan fingerprint density at radius 3 is 2.73 bits per heavy atom. The number of nitrogens with two attached hydrogens (primary N) is 2. The SMILES string of the molecule is Nc1ccc(C(=O)NS(=O)(=O)OCC2OC(n3cnc4c(N)ncnc43)[C@H](O)[C@@H]2O)c([O-])c1. The largest absolute Gasteiger partial charge is 0.872 e. The van der Waals surface area contributed by atoms with Gasteiger partial charge in [0.15, 0.2) is 17.7 Å². The lowest BCUT2D eigenvalue weighted by Gasteiger charge is -2.17. The number of carbonyl (C=O) groups excluding carboxylic acids is 1. The Kier molecular flexibility index (Phi) is 5.76. The van der Waals surface area contributed by atoms with E-state index >= 15 is 0 Å². The number of benzene rings is 1. The fraction of sp³-hybridized carbons (Fsp3) is 0.294. The molecular weight excluding hydrogens is 462 g/mol. The smallest absolute Gasteiger partial charge is 0.362 e. The number of aromatic nitrogens is 4. The maximum absolute atomic E-state index is 12.1. The second-order valence-electron chi connectivity index (χ2n) is 7.05. The number of aliphatic hydroxyl groups excluding tert-OH is 2. The van der Waals surface area contributed by atoms with Gasteiger partial charge in [-0.05, 0) is 18.2 Å². The highest BCUT2D eigenvalue weighted by Crippen LogP contribution is 2.32. The molecule has 1 saturated heterocycles. The van der Waals surface area contributed by atoms with Crippen molar-refractivity contribution in [2.24, 2.45) is 0 Å². The third kappa shape index (κ3) is 4.37. The minimum absolute atomic E-state index is 0.0934. The summed E-state index contributed by atoms with van der Waals surface area (Å²) in [5.41, 5.74) is 11.3. The van der Waals surface area contributed by atoms with Gasteiger partial charge in [-0.1, -0.05) is 5.75 Å². The van der Waals surface area contributed by atoms with E-state index in [1.165, 1.54) is 23.3 Å². The fourth-order valence-electron chi connectivity index (χ4n) is 3.23. The molecule has 0 spiro atoms. The number of nitrogens with zero attached hydrogens (tertiary/aromatic N) is 4. The number of nitrogens with one attached hydrogen (secondary N) is 1. The van der Waals surface area contributed by atoms with Crippen molar-refractivity contribution in [1.82, 2.24) is 24.2 Å². The predicted molar refractivity (Wildman–Crippen MR) is 108 cm³/mol. The van der Waals surface area contributed by atoms with E-state index in [-0.39, 0.29) is 22.7 Å². The van der Waals surface area contributed by atoms with Crippen LogP contribution in [-0.4, -0.2) is 69.0 Å². The van der Waals surface area contributed by atoms with Gasteiger partial charge in [-0.3, -0.25) is 13.5 Å². The lowest BCUT2D eigenvalue weighted by atomic mass is 10.1. The molecule has 2 unspecified atom stereocenters. The molecule has 1 fully saturated rings. The number of anilines is 2. The number of fused-ring (bicyclic) bond motifs is 1. The molecule has 0 bridgehead atoms. The summed E-state index contributed by atoms with van der Waals surface area (Å²) in [6.07, 6.45) is -3.10. The molecule has 3 heterocycles. The normalized spacial score (nSPS) is 23.1. The van der Waals surface area contributed by atoms with Gasteiger partial charge in [-0.15, -0.1) is 0 Å². The summed E-state index contributed by atoms with van der Waals surface area (Å²) in [5.74, 6) is -1.91. The number of nitrogen functional groups attached to an aromatic ring is 2. The van der Waals surface area contributed by atoms with Crippen molar-refractivity contribution in [3.8, 4) is 5.75 Å². The van der Waals surface area contributed by atoms with Crippen molar-refractivity contribution in [3.63, 3.8) is 0 Å². The lowest BCUT2D eigenvalue weighted by Crippen LogP contribution is -2.38. The number of amides is 1. The van der Waals surface area contributed by atoms with Crippen LogP contribution in [0.15, 0.2) is 30.9 Å². The van der Waals surface area contributed by atoms with Crippen molar-refractivity contribution in [3.05, 3.63) is 36.4 Å². The summed E-state index contributed by atoms with van der Waals surface area (Å²) in [5, 5.41) is 32.5. The van der Waals surface area contributed by atoms with E-state index in [1.807, 2.05) is 0 Å².